The molecule has 0 bridgehead atoms. The van der Waals surface area contributed by atoms with E-state index in [1.165, 1.54) is 11.0 Å². The number of aliphatic hydroxyl groups is 1. The molecule has 0 aromatic heterocycles. The van der Waals surface area contributed by atoms with E-state index < -0.39 is 48.1 Å². The quantitative estimate of drug-likeness (QED) is 0.555. The van der Waals surface area contributed by atoms with Crippen molar-refractivity contribution in [3.05, 3.63) is 72.8 Å². The van der Waals surface area contributed by atoms with Crippen LogP contribution in [0.1, 0.15) is 19.4 Å². The van der Waals surface area contributed by atoms with Gasteiger partial charge in [-0.1, -0.05) is 36.4 Å². The predicted molar refractivity (Wildman–Crippen MR) is 129 cm³/mol. The molecule has 0 radical (unpaired) electrons. The number of aliphatic hydroxyl groups excluding tert-OH is 1. The first kappa shape index (κ1) is 24.7. The molecule has 3 heterocycles. The van der Waals surface area contributed by atoms with Gasteiger partial charge < -0.3 is 33.5 Å². The molecule has 0 aliphatic carbocycles. The van der Waals surface area contributed by atoms with E-state index in [0.717, 1.165) is 5.56 Å². The first-order valence-electron chi connectivity index (χ1n) is 11.9. The number of hydrogen-bond acceptors (Lipinski definition) is 8. The second-order valence-corrected chi connectivity index (χ2v) is 9.56. The topological polar surface area (TPSA) is 95.9 Å². The molecule has 6 atom stereocenters. The molecule has 1 amide bonds. The largest absolute Gasteiger partial charge is 0.497 e. The number of cyclic esters (lactones) is 1. The van der Waals surface area contributed by atoms with Crippen molar-refractivity contribution in [3.8, 4) is 5.75 Å². The highest BCUT2D eigenvalue weighted by Crippen LogP contribution is 2.44. The van der Waals surface area contributed by atoms with Gasteiger partial charge in [-0.25, -0.2) is 4.79 Å². The van der Waals surface area contributed by atoms with Crippen LogP contribution in [-0.2, 0) is 30.3 Å². The lowest BCUT2D eigenvalue weighted by Gasteiger charge is -2.40. The van der Waals surface area contributed by atoms with Crippen LogP contribution in [0.15, 0.2) is 67.3 Å². The number of rotatable bonds is 8. The molecule has 1 N–H and O–H groups in total. The SMILES string of the molecule is C=CC1(C(O)[C@H]2O[C@@H]3OC(C)(C)O[C@@H]3[C@H]2OCc2ccccc2)COC(=O)N1c1ccc(OC)cc1. The number of amides is 1. The molecule has 192 valence electrons. The van der Waals surface area contributed by atoms with Gasteiger partial charge >= 0.3 is 6.09 Å². The van der Waals surface area contributed by atoms with Crippen LogP contribution in [0.5, 0.6) is 5.75 Å². The second kappa shape index (κ2) is 9.49. The fraction of sp³-hybridized carbons (Fsp3) is 0.444. The molecule has 2 aromatic rings. The Morgan fingerprint density at radius 1 is 1.17 bits per heavy atom. The molecule has 5 rings (SSSR count). The van der Waals surface area contributed by atoms with E-state index in [0.29, 0.717) is 11.4 Å². The van der Waals surface area contributed by atoms with Gasteiger partial charge in [-0.05, 0) is 43.7 Å². The van der Waals surface area contributed by atoms with E-state index in [1.54, 1.807) is 45.2 Å². The van der Waals surface area contributed by atoms with Gasteiger partial charge in [0.25, 0.3) is 0 Å². The summed E-state index contributed by atoms with van der Waals surface area (Å²) < 4.78 is 35.2. The van der Waals surface area contributed by atoms with E-state index in [-0.39, 0.29) is 13.2 Å². The Balaban J connectivity index is 1.45. The molecule has 0 spiro atoms. The first-order chi connectivity index (χ1) is 17.3. The van der Waals surface area contributed by atoms with Crippen LogP contribution in [0.3, 0.4) is 0 Å². The summed E-state index contributed by atoms with van der Waals surface area (Å²) >= 11 is 0. The van der Waals surface area contributed by atoms with Crippen molar-refractivity contribution in [2.45, 2.75) is 62.5 Å². The summed E-state index contributed by atoms with van der Waals surface area (Å²) in [6.45, 7) is 7.71. The average Bonchev–Trinajstić information content (AvgIpc) is 3.50. The average molecular weight is 498 g/mol. The van der Waals surface area contributed by atoms with E-state index in [1.807, 2.05) is 30.3 Å². The second-order valence-electron chi connectivity index (χ2n) is 9.56. The molecule has 0 saturated carbocycles. The number of ether oxygens (including phenoxy) is 6. The minimum Gasteiger partial charge on any atom is -0.497 e. The summed E-state index contributed by atoms with van der Waals surface area (Å²) in [5, 5.41) is 11.8. The lowest BCUT2D eigenvalue weighted by molar-refractivity contribution is -0.233. The Morgan fingerprint density at radius 3 is 2.56 bits per heavy atom. The van der Waals surface area contributed by atoms with Crippen molar-refractivity contribution in [2.75, 3.05) is 18.6 Å². The van der Waals surface area contributed by atoms with Crippen LogP contribution in [0.25, 0.3) is 0 Å². The van der Waals surface area contributed by atoms with Crippen LogP contribution >= 0.6 is 0 Å². The Hall–Kier alpha value is -2.95. The molecule has 2 aromatic carbocycles. The third-order valence-corrected chi connectivity index (χ3v) is 6.85. The minimum absolute atomic E-state index is 0.115. The van der Waals surface area contributed by atoms with Crippen LogP contribution in [0, 0.1) is 0 Å². The Labute approximate surface area is 210 Å². The highest BCUT2D eigenvalue weighted by Gasteiger charge is 2.62. The highest BCUT2D eigenvalue weighted by molar-refractivity contribution is 5.92. The molecule has 3 aliphatic rings. The lowest BCUT2D eigenvalue weighted by Crippen LogP contribution is -2.61. The summed E-state index contributed by atoms with van der Waals surface area (Å²) in [4.78, 5) is 14.3. The number of carbonyl (C=O) groups is 1. The first-order valence-corrected chi connectivity index (χ1v) is 11.9. The standard InChI is InChI=1S/C27H31NO8/c1-5-27(16-33-25(30)28(27)18-11-13-19(31-4)14-12-18)23(29)21-20(32-15-17-9-7-6-8-10-17)22-24(34-21)36-26(2,3)35-22/h5-14,20-24,29H,1,15-16H2,2-4H3/t20-,21-,22+,23?,24+,27?/m0/s1. The number of hydrogen-bond donors (Lipinski definition) is 1. The third-order valence-electron chi connectivity index (χ3n) is 6.85. The monoisotopic (exact) mass is 497 g/mol. The maximum absolute atomic E-state index is 12.9. The molecule has 9 heteroatoms. The molecular weight excluding hydrogens is 466 g/mol. The van der Waals surface area contributed by atoms with Gasteiger partial charge in [0.2, 0.25) is 0 Å². The molecule has 9 nitrogen and oxygen atoms in total. The van der Waals surface area contributed by atoms with Crippen molar-refractivity contribution in [1.29, 1.82) is 0 Å². The zero-order valence-electron chi connectivity index (χ0n) is 20.5. The number of benzene rings is 2. The van der Waals surface area contributed by atoms with Gasteiger partial charge in [-0.15, -0.1) is 6.58 Å². The fourth-order valence-corrected chi connectivity index (χ4v) is 5.04. The third kappa shape index (κ3) is 4.27. The number of methoxy groups -OCH3 is 1. The van der Waals surface area contributed by atoms with Gasteiger partial charge in [-0.3, -0.25) is 4.90 Å². The fourth-order valence-electron chi connectivity index (χ4n) is 5.04. The van der Waals surface area contributed by atoms with Gasteiger partial charge in [0.05, 0.1) is 13.7 Å². The van der Waals surface area contributed by atoms with Gasteiger partial charge in [0.15, 0.2) is 12.1 Å². The van der Waals surface area contributed by atoms with E-state index in [2.05, 4.69) is 6.58 Å². The summed E-state index contributed by atoms with van der Waals surface area (Å²) in [6.07, 6.45) is -3.25. The van der Waals surface area contributed by atoms with Gasteiger partial charge in [0, 0.05) is 5.69 Å². The van der Waals surface area contributed by atoms with E-state index in [9.17, 15) is 9.90 Å². The predicted octanol–water partition coefficient (Wildman–Crippen LogP) is 3.40. The number of carbonyl (C=O) groups excluding carboxylic acids is 1. The molecule has 3 saturated heterocycles. The molecule has 36 heavy (non-hydrogen) atoms. The molecular formula is C27H31NO8. The highest BCUT2D eigenvalue weighted by atomic mass is 16.8. The lowest BCUT2D eigenvalue weighted by atomic mass is 9.85. The van der Waals surface area contributed by atoms with E-state index >= 15 is 0 Å². The Bertz CT molecular complexity index is 1090. The molecule has 2 unspecified atom stereocenters. The number of nitrogens with zero attached hydrogens (tertiary/aromatic N) is 1. The number of fused-ring (bicyclic) bond motifs is 1. The Morgan fingerprint density at radius 2 is 1.89 bits per heavy atom. The van der Waals surface area contributed by atoms with Crippen LogP contribution in [0.4, 0.5) is 10.5 Å². The summed E-state index contributed by atoms with van der Waals surface area (Å²) in [6, 6.07) is 16.6. The van der Waals surface area contributed by atoms with Crippen LogP contribution in [0.2, 0.25) is 0 Å². The van der Waals surface area contributed by atoms with Gasteiger partial charge in [0.1, 0.15) is 42.3 Å². The zero-order valence-corrected chi connectivity index (χ0v) is 20.5. The van der Waals surface area contributed by atoms with Crippen LogP contribution in [-0.4, -0.2) is 66.9 Å². The molecule has 3 aliphatic heterocycles. The maximum atomic E-state index is 12.9. The van der Waals surface area contributed by atoms with E-state index in [4.69, 9.17) is 28.4 Å². The zero-order chi connectivity index (χ0) is 25.5. The Kier molecular flexibility index (Phi) is 6.52. The van der Waals surface area contributed by atoms with Crippen molar-refractivity contribution >= 4 is 11.8 Å². The van der Waals surface area contributed by atoms with Gasteiger partial charge in [-0.2, -0.15) is 0 Å². The van der Waals surface area contributed by atoms with Crippen molar-refractivity contribution in [2.24, 2.45) is 0 Å². The summed E-state index contributed by atoms with van der Waals surface area (Å²) in [5.41, 5.74) is 0.162. The summed E-state index contributed by atoms with van der Waals surface area (Å²) in [7, 11) is 1.56. The van der Waals surface area contributed by atoms with Crippen LogP contribution < -0.4 is 9.64 Å². The van der Waals surface area contributed by atoms with Crippen molar-refractivity contribution in [3.63, 3.8) is 0 Å². The molecule has 3 fully saturated rings. The number of anilines is 1. The normalized spacial score (nSPS) is 31.7. The van der Waals surface area contributed by atoms with Crippen molar-refractivity contribution < 1.29 is 38.3 Å². The minimum atomic E-state index is -1.32. The summed E-state index contributed by atoms with van der Waals surface area (Å²) in [5.74, 6) is -0.230. The maximum Gasteiger partial charge on any atom is 0.415 e. The van der Waals surface area contributed by atoms with Crippen molar-refractivity contribution in [1.82, 2.24) is 0 Å². The smallest absolute Gasteiger partial charge is 0.415 e.